The van der Waals surface area contributed by atoms with Gasteiger partial charge in [0, 0.05) is 13.3 Å². The monoisotopic (exact) mass is 378 g/mol. The van der Waals surface area contributed by atoms with E-state index in [1.807, 2.05) is 0 Å². The fraction of sp³-hybridized carbons (Fsp3) is 0.826. The van der Waals surface area contributed by atoms with Crippen LogP contribution in [0.4, 0.5) is 0 Å². The number of amides is 1. The van der Waals surface area contributed by atoms with Crippen molar-refractivity contribution in [3.8, 4) is 0 Å². The number of rotatable bonds is 16. The van der Waals surface area contributed by atoms with E-state index in [1.54, 1.807) is 6.92 Å². The number of hydrogen-bond donors (Lipinski definition) is 1. The minimum atomic E-state index is 0.0674. The van der Waals surface area contributed by atoms with Gasteiger partial charge in [-0.2, -0.15) is 0 Å². The molecular formula is C23H44N3O+. The fourth-order valence-corrected chi connectivity index (χ4v) is 3.97. The van der Waals surface area contributed by atoms with E-state index in [1.165, 1.54) is 70.0 Å². The smallest absolute Gasteiger partial charge is 0.217 e. The molecule has 4 nitrogen and oxygen atoms in total. The molecule has 1 aliphatic rings. The van der Waals surface area contributed by atoms with Crippen LogP contribution < -0.4 is 5.32 Å². The largest absolute Gasteiger partial charge is 0.351 e. The first-order valence-corrected chi connectivity index (χ1v) is 11.4. The van der Waals surface area contributed by atoms with E-state index >= 15 is 0 Å². The minimum Gasteiger partial charge on any atom is -0.351 e. The summed E-state index contributed by atoms with van der Waals surface area (Å²) in [6, 6.07) is 0. The van der Waals surface area contributed by atoms with Crippen molar-refractivity contribution in [2.75, 3.05) is 32.7 Å². The molecule has 0 radical (unpaired) electrons. The summed E-state index contributed by atoms with van der Waals surface area (Å²) in [7, 11) is 0. The highest BCUT2D eigenvalue weighted by molar-refractivity contribution is 5.77. The Morgan fingerprint density at radius 2 is 1.70 bits per heavy atom. The van der Waals surface area contributed by atoms with Gasteiger partial charge in [-0.3, -0.25) is 9.28 Å². The van der Waals surface area contributed by atoms with Gasteiger partial charge in [0.05, 0.1) is 19.6 Å². The molecule has 1 rings (SSSR count). The number of nitrogens with zero attached hydrogens (tertiary/aromatic N) is 2. The number of amidine groups is 1. The first-order valence-electron chi connectivity index (χ1n) is 11.4. The van der Waals surface area contributed by atoms with Gasteiger partial charge in [-0.15, -0.1) is 0 Å². The van der Waals surface area contributed by atoms with Gasteiger partial charge in [-0.05, 0) is 39.0 Å². The summed E-state index contributed by atoms with van der Waals surface area (Å²) in [6.07, 6.45) is 19.0. The van der Waals surface area contributed by atoms with Gasteiger partial charge in [-0.1, -0.05) is 51.2 Å². The van der Waals surface area contributed by atoms with E-state index in [0.29, 0.717) is 0 Å². The average molecular weight is 379 g/mol. The zero-order valence-electron chi connectivity index (χ0n) is 18.3. The molecule has 0 spiro atoms. The summed E-state index contributed by atoms with van der Waals surface area (Å²) in [5, 5.41) is 2.95. The zero-order chi connectivity index (χ0) is 19.8. The lowest BCUT2D eigenvalue weighted by Gasteiger charge is -2.33. The predicted molar refractivity (Wildman–Crippen MR) is 117 cm³/mol. The number of aliphatic imine (C=N–C) groups is 1. The lowest BCUT2D eigenvalue weighted by molar-refractivity contribution is -0.833. The Labute approximate surface area is 168 Å². The number of likely N-dealkylation sites (N-methyl/N-ethyl adjacent to an activating group) is 1. The zero-order valence-corrected chi connectivity index (χ0v) is 18.3. The van der Waals surface area contributed by atoms with Crippen LogP contribution in [0.5, 0.6) is 0 Å². The summed E-state index contributed by atoms with van der Waals surface area (Å²) in [4.78, 5) is 16.0. The highest BCUT2D eigenvalue weighted by atomic mass is 16.1. The van der Waals surface area contributed by atoms with Gasteiger partial charge in [0.2, 0.25) is 5.91 Å². The number of unbranched alkanes of at least 4 members (excludes halogenated alkanes) is 8. The molecule has 1 N–H and O–H groups in total. The molecule has 1 aliphatic heterocycles. The SMILES string of the molecule is CCCCC/C=C/CCCCCCCC1=NCC[N+]1(CC)CCNC(C)=O. The molecule has 1 amide bonds. The molecule has 0 bridgehead atoms. The number of carbonyl (C=O) groups excluding carboxylic acids is 1. The van der Waals surface area contributed by atoms with Crippen molar-refractivity contribution in [2.24, 2.45) is 4.99 Å². The molecule has 0 saturated carbocycles. The lowest BCUT2D eigenvalue weighted by atomic mass is 10.1. The van der Waals surface area contributed by atoms with Crippen molar-refractivity contribution in [2.45, 2.75) is 91.4 Å². The molecule has 0 aliphatic carbocycles. The summed E-state index contributed by atoms with van der Waals surface area (Å²) >= 11 is 0. The fourth-order valence-electron chi connectivity index (χ4n) is 3.97. The van der Waals surface area contributed by atoms with Crippen LogP contribution in [0.25, 0.3) is 0 Å². The third kappa shape index (κ3) is 10.1. The third-order valence-electron chi connectivity index (χ3n) is 5.80. The maximum atomic E-state index is 11.1. The van der Waals surface area contributed by atoms with Gasteiger partial charge in [0.25, 0.3) is 0 Å². The summed E-state index contributed by atoms with van der Waals surface area (Å²) in [5.41, 5.74) is 0. The first kappa shape index (κ1) is 23.9. The van der Waals surface area contributed by atoms with Crippen LogP contribution in [0.1, 0.15) is 91.4 Å². The molecule has 27 heavy (non-hydrogen) atoms. The van der Waals surface area contributed by atoms with E-state index in [-0.39, 0.29) is 5.91 Å². The van der Waals surface area contributed by atoms with Crippen molar-refractivity contribution in [3.63, 3.8) is 0 Å². The Morgan fingerprint density at radius 3 is 2.37 bits per heavy atom. The second kappa shape index (κ2) is 14.8. The second-order valence-electron chi connectivity index (χ2n) is 7.96. The summed E-state index contributed by atoms with van der Waals surface area (Å²) in [5.74, 6) is 1.44. The first-order chi connectivity index (χ1) is 13.1. The Balaban J connectivity index is 2.11. The van der Waals surface area contributed by atoms with Gasteiger partial charge in [-0.25, -0.2) is 4.99 Å². The van der Waals surface area contributed by atoms with E-state index < -0.39 is 0 Å². The van der Waals surface area contributed by atoms with Gasteiger partial charge in [0.1, 0.15) is 13.1 Å². The summed E-state index contributed by atoms with van der Waals surface area (Å²) < 4.78 is 0.989. The molecular weight excluding hydrogens is 334 g/mol. The van der Waals surface area contributed by atoms with E-state index in [4.69, 9.17) is 4.99 Å². The number of carbonyl (C=O) groups is 1. The van der Waals surface area contributed by atoms with Crippen LogP contribution in [0, 0.1) is 0 Å². The van der Waals surface area contributed by atoms with Crippen LogP contribution in [-0.2, 0) is 4.79 Å². The van der Waals surface area contributed by atoms with Gasteiger partial charge >= 0.3 is 0 Å². The molecule has 1 atom stereocenters. The number of allylic oxidation sites excluding steroid dienone is 2. The third-order valence-corrected chi connectivity index (χ3v) is 5.80. The Morgan fingerprint density at radius 1 is 1.04 bits per heavy atom. The topological polar surface area (TPSA) is 41.5 Å². The molecule has 0 saturated heterocycles. The van der Waals surface area contributed by atoms with E-state index in [0.717, 1.165) is 43.6 Å². The molecule has 0 fully saturated rings. The summed E-state index contributed by atoms with van der Waals surface area (Å²) in [6.45, 7) is 11.0. The number of hydrogen-bond acceptors (Lipinski definition) is 2. The molecule has 0 aromatic heterocycles. The van der Waals surface area contributed by atoms with Crippen molar-refractivity contribution in [1.82, 2.24) is 5.32 Å². The normalized spacial score (nSPS) is 19.6. The minimum absolute atomic E-state index is 0.0674. The van der Waals surface area contributed by atoms with Crippen molar-refractivity contribution in [1.29, 1.82) is 0 Å². The maximum Gasteiger partial charge on any atom is 0.217 e. The van der Waals surface area contributed by atoms with Crippen LogP contribution in [-0.4, -0.2) is 48.9 Å². The molecule has 0 aromatic rings. The Kier molecular flexibility index (Phi) is 13.1. The Bertz CT molecular complexity index is 459. The van der Waals surface area contributed by atoms with Crippen LogP contribution in [0.3, 0.4) is 0 Å². The van der Waals surface area contributed by atoms with E-state index in [2.05, 4.69) is 31.3 Å². The number of quaternary nitrogens is 1. The second-order valence-corrected chi connectivity index (χ2v) is 7.96. The Hall–Kier alpha value is -1.16. The van der Waals surface area contributed by atoms with Crippen molar-refractivity contribution in [3.05, 3.63) is 12.2 Å². The highest BCUT2D eigenvalue weighted by Gasteiger charge is 2.35. The molecule has 4 heteroatoms. The predicted octanol–water partition coefficient (Wildman–Crippen LogP) is 5.24. The molecule has 1 unspecified atom stereocenters. The van der Waals surface area contributed by atoms with Gasteiger partial charge < -0.3 is 5.32 Å². The van der Waals surface area contributed by atoms with Crippen LogP contribution in [0.2, 0.25) is 0 Å². The molecule has 1 heterocycles. The van der Waals surface area contributed by atoms with Crippen molar-refractivity contribution < 1.29 is 9.28 Å². The molecule has 0 aromatic carbocycles. The van der Waals surface area contributed by atoms with Crippen LogP contribution in [0.15, 0.2) is 17.1 Å². The average Bonchev–Trinajstić information content (AvgIpc) is 3.05. The molecule has 156 valence electrons. The standard InChI is InChI=1S/C23H43N3O/c1-4-6-7-8-9-10-11-12-13-14-15-16-17-23-25-19-21-26(23,5-2)20-18-24-22(3)27/h9-10H,4-8,11-21H2,1-3H3/p+1/b10-9+. The van der Waals surface area contributed by atoms with Crippen LogP contribution >= 0.6 is 0 Å². The number of nitrogens with one attached hydrogen (secondary N) is 1. The quantitative estimate of drug-likeness (QED) is 0.223. The highest BCUT2D eigenvalue weighted by Crippen LogP contribution is 2.19. The lowest BCUT2D eigenvalue weighted by Crippen LogP contribution is -2.54. The van der Waals surface area contributed by atoms with Crippen molar-refractivity contribution >= 4 is 11.7 Å². The van der Waals surface area contributed by atoms with E-state index in [9.17, 15) is 4.79 Å². The maximum absolute atomic E-state index is 11.1. The van der Waals surface area contributed by atoms with Gasteiger partial charge in [0.15, 0.2) is 5.84 Å².